The van der Waals surface area contributed by atoms with Gasteiger partial charge in [0.2, 0.25) is 5.91 Å². The van der Waals surface area contributed by atoms with Crippen molar-refractivity contribution in [1.82, 2.24) is 14.5 Å². The smallest absolute Gasteiger partial charge is 0.262 e. The maximum Gasteiger partial charge on any atom is 0.262 e. The molecule has 0 aliphatic carbocycles. The molecule has 1 N–H and O–H groups in total. The van der Waals surface area contributed by atoms with Crippen LogP contribution in [0.15, 0.2) is 58.5 Å². The number of hydrogen-bond donors (Lipinski definition) is 1. The number of nitrogens with zero attached hydrogens (tertiary/aromatic N) is 3. The number of fused-ring (bicyclic) bond motifs is 1. The van der Waals surface area contributed by atoms with Gasteiger partial charge in [0.15, 0.2) is 5.16 Å². The molecule has 0 saturated heterocycles. The first-order valence-electron chi connectivity index (χ1n) is 10.0. The van der Waals surface area contributed by atoms with Crippen molar-refractivity contribution < 1.29 is 4.79 Å². The van der Waals surface area contributed by atoms with Crippen LogP contribution in [0.3, 0.4) is 0 Å². The molecule has 6 nitrogen and oxygen atoms in total. The van der Waals surface area contributed by atoms with Crippen LogP contribution in [0.25, 0.3) is 10.9 Å². The predicted molar refractivity (Wildman–Crippen MR) is 124 cm³/mol. The second-order valence-corrected chi connectivity index (χ2v) is 8.95. The summed E-state index contributed by atoms with van der Waals surface area (Å²) in [4.78, 5) is 32.6. The van der Waals surface area contributed by atoms with Gasteiger partial charge in [-0.05, 0) is 65.2 Å². The zero-order valence-electron chi connectivity index (χ0n) is 17.9. The molecule has 1 atom stereocenters. The van der Waals surface area contributed by atoms with Gasteiger partial charge in [0.25, 0.3) is 5.56 Å². The van der Waals surface area contributed by atoms with Crippen molar-refractivity contribution >= 4 is 34.3 Å². The molecule has 1 heterocycles. The van der Waals surface area contributed by atoms with E-state index in [4.69, 9.17) is 4.98 Å². The average molecular weight is 425 g/mol. The van der Waals surface area contributed by atoms with E-state index in [-0.39, 0.29) is 11.5 Å². The highest BCUT2D eigenvalue weighted by molar-refractivity contribution is 8.00. The molecule has 1 aromatic heterocycles. The Morgan fingerprint density at radius 2 is 1.87 bits per heavy atom. The number of carbonyl (C=O) groups is 1. The van der Waals surface area contributed by atoms with E-state index in [1.807, 2.05) is 70.4 Å². The molecular weight excluding hydrogens is 396 g/mol. The summed E-state index contributed by atoms with van der Waals surface area (Å²) in [5, 5.41) is 3.71. The van der Waals surface area contributed by atoms with E-state index in [0.29, 0.717) is 22.6 Å². The van der Waals surface area contributed by atoms with Crippen molar-refractivity contribution in [1.29, 1.82) is 0 Å². The van der Waals surface area contributed by atoms with Crippen LogP contribution in [0, 0.1) is 6.92 Å². The molecule has 0 radical (unpaired) electrons. The van der Waals surface area contributed by atoms with Crippen molar-refractivity contribution in [3.05, 3.63) is 64.4 Å². The van der Waals surface area contributed by atoms with E-state index in [1.54, 1.807) is 10.6 Å². The largest absolute Gasteiger partial charge is 0.325 e. The topological polar surface area (TPSA) is 67.2 Å². The van der Waals surface area contributed by atoms with Gasteiger partial charge in [-0.3, -0.25) is 14.2 Å². The highest BCUT2D eigenvalue weighted by Crippen LogP contribution is 2.24. The zero-order chi connectivity index (χ0) is 21.7. The highest BCUT2D eigenvalue weighted by atomic mass is 32.2. The molecule has 0 saturated carbocycles. The number of thioether (sulfide) groups is 1. The number of carbonyl (C=O) groups excluding carboxylic acids is 1. The average Bonchev–Trinajstić information content (AvgIpc) is 2.71. The minimum Gasteiger partial charge on any atom is -0.325 e. The van der Waals surface area contributed by atoms with Crippen LogP contribution < -0.4 is 10.9 Å². The standard InChI is InChI=1S/C23H28N4O2S/c1-16-10-12-18(13-11-16)24-21(28)17(2)30-23-25-20-9-6-5-8-19(20)22(29)27(23)15-7-14-26(3)4/h5-6,8-13,17H,7,14-15H2,1-4H3,(H,24,28)/t17-/m1/s1. The number of rotatable bonds is 8. The number of hydrogen-bond acceptors (Lipinski definition) is 5. The third-order valence-electron chi connectivity index (χ3n) is 4.78. The number of para-hydroxylation sites is 1. The monoisotopic (exact) mass is 424 g/mol. The fraction of sp³-hybridized carbons (Fsp3) is 0.348. The first-order valence-corrected chi connectivity index (χ1v) is 10.9. The van der Waals surface area contributed by atoms with E-state index in [0.717, 1.165) is 24.2 Å². The molecule has 0 bridgehead atoms. The lowest BCUT2D eigenvalue weighted by atomic mass is 10.2. The molecule has 0 spiro atoms. The molecule has 0 aliphatic heterocycles. The van der Waals surface area contributed by atoms with E-state index < -0.39 is 5.25 Å². The molecule has 1 amide bonds. The number of benzene rings is 2. The van der Waals surface area contributed by atoms with Gasteiger partial charge >= 0.3 is 0 Å². The predicted octanol–water partition coefficient (Wildman–Crippen LogP) is 3.78. The normalized spacial score (nSPS) is 12.3. The quantitative estimate of drug-likeness (QED) is 0.440. The van der Waals surface area contributed by atoms with Gasteiger partial charge in [-0.2, -0.15) is 0 Å². The summed E-state index contributed by atoms with van der Waals surface area (Å²) in [6.45, 7) is 5.26. The summed E-state index contributed by atoms with van der Waals surface area (Å²) in [7, 11) is 4.02. The fourth-order valence-corrected chi connectivity index (χ4v) is 4.01. The Bertz CT molecular complexity index is 1080. The summed E-state index contributed by atoms with van der Waals surface area (Å²) in [5.74, 6) is -0.119. The van der Waals surface area contributed by atoms with Gasteiger partial charge in [0, 0.05) is 12.2 Å². The Kier molecular flexibility index (Phi) is 7.29. The van der Waals surface area contributed by atoms with Gasteiger partial charge in [-0.25, -0.2) is 4.98 Å². The summed E-state index contributed by atoms with van der Waals surface area (Å²) < 4.78 is 1.70. The first-order chi connectivity index (χ1) is 14.3. The molecule has 0 fully saturated rings. The fourth-order valence-electron chi connectivity index (χ4n) is 3.07. The van der Waals surface area contributed by atoms with Crippen LogP contribution in [0.4, 0.5) is 5.69 Å². The summed E-state index contributed by atoms with van der Waals surface area (Å²) in [6, 6.07) is 15.0. The number of aromatic nitrogens is 2. The van der Waals surface area contributed by atoms with Crippen molar-refractivity contribution in [3.8, 4) is 0 Å². The van der Waals surface area contributed by atoms with Gasteiger partial charge < -0.3 is 10.2 Å². The van der Waals surface area contributed by atoms with E-state index in [1.165, 1.54) is 11.8 Å². The molecule has 158 valence electrons. The van der Waals surface area contributed by atoms with Crippen LogP contribution in [0.2, 0.25) is 0 Å². The number of aryl methyl sites for hydroxylation is 1. The number of anilines is 1. The SMILES string of the molecule is Cc1ccc(NC(=O)[C@@H](C)Sc2nc3ccccc3c(=O)n2CCCN(C)C)cc1. The molecule has 3 rings (SSSR count). The molecule has 3 aromatic rings. The van der Waals surface area contributed by atoms with Crippen molar-refractivity contribution in [2.24, 2.45) is 0 Å². The Hall–Kier alpha value is -2.64. The maximum atomic E-state index is 13.1. The Labute approximate surface area is 181 Å². The second kappa shape index (κ2) is 9.91. The number of amides is 1. The van der Waals surface area contributed by atoms with E-state index >= 15 is 0 Å². The molecule has 2 aromatic carbocycles. The minimum absolute atomic E-state index is 0.0620. The molecule has 30 heavy (non-hydrogen) atoms. The van der Waals surface area contributed by atoms with Crippen molar-refractivity contribution in [3.63, 3.8) is 0 Å². The van der Waals surface area contributed by atoms with Crippen molar-refractivity contribution in [2.45, 2.75) is 37.2 Å². The van der Waals surface area contributed by atoms with E-state index in [9.17, 15) is 9.59 Å². The summed E-state index contributed by atoms with van der Waals surface area (Å²) >= 11 is 1.31. The zero-order valence-corrected chi connectivity index (χ0v) is 18.7. The molecule has 7 heteroatoms. The van der Waals surface area contributed by atoms with Gasteiger partial charge in [-0.15, -0.1) is 0 Å². The van der Waals surface area contributed by atoms with Crippen LogP contribution in [-0.2, 0) is 11.3 Å². The minimum atomic E-state index is -0.403. The molecular formula is C23H28N4O2S. The third-order valence-corrected chi connectivity index (χ3v) is 5.87. The summed E-state index contributed by atoms with van der Waals surface area (Å²) in [5.41, 5.74) is 2.48. The Morgan fingerprint density at radius 1 is 1.17 bits per heavy atom. The van der Waals surface area contributed by atoms with Crippen LogP contribution in [-0.4, -0.2) is 46.2 Å². The third kappa shape index (κ3) is 5.49. The maximum absolute atomic E-state index is 13.1. The van der Waals surface area contributed by atoms with Crippen LogP contribution in [0.5, 0.6) is 0 Å². The van der Waals surface area contributed by atoms with Gasteiger partial charge in [-0.1, -0.05) is 41.6 Å². The second-order valence-electron chi connectivity index (χ2n) is 7.64. The van der Waals surface area contributed by atoms with Gasteiger partial charge in [0.05, 0.1) is 16.2 Å². The Morgan fingerprint density at radius 3 is 2.57 bits per heavy atom. The van der Waals surface area contributed by atoms with Crippen LogP contribution in [0.1, 0.15) is 18.9 Å². The Balaban J connectivity index is 1.84. The van der Waals surface area contributed by atoms with Crippen molar-refractivity contribution in [2.75, 3.05) is 26.0 Å². The lowest BCUT2D eigenvalue weighted by molar-refractivity contribution is -0.115. The lowest BCUT2D eigenvalue weighted by Crippen LogP contribution is -2.28. The highest BCUT2D eigenvalue weighted by Gasteiger charge is 2.19. The molecule has 0 aliphatic rings. The summed E-state index contributed by atoms with van der Waals surface area (Å²) in [6.07, 6.45) is 0.824. The number of nitrogens with one attached hydrogen (secondary N) is 1. The van der Waals surface area contributed by atoms with Crippen LogP contribution >= 0.6 is 11.8 Å². The molecule has 0 unspecified atom stereocenters. The van der Waals surface area contributed by atoms with Gasteiger partial charge in [0.1, 0.15) is 0 Å². The first kappa shape index (κ1) is 22.1. The van der Waals surface area contributed by atoms with E-state index in [2.05, 4.69) is 10.2 Å². The lowest BCUT2D eigenvalue weighted by Gasteiger charge is -2.17.